The Bertz CT molecular complexity index is 715. The maximum atomic E-state index is 12.0. The van der Waals surface area contributed by atoms with Crippen LogP contribution in [0.1, 0.15) is 19.3 Å². The molecule has 2 aromatic rings. The minimum atomic E-state index is -0.255. The topological polar surface area (TPSA) is 89.8 Å². The van der Waals surface area contributed by atoms with E-state index in [1.54, 1.807) is 12.1 Å². The number of rotatable bonds is 4. The van der Waals surface area contributed by atoms with E-state index in [9.17, 15) is 9.59 Å². The van der Waals surface area contributed by atoms with Crippen molar-refractivity contribution >= 4 is 38.6 Å². The van der Waals surface area contributed by atoms with E-state index in [0.29, 0.717) is 29.1 Å². The largest absolute Gasteiger partial charge is 0.325 e. The fraction of sp³-hybridized carbons (Fsp3) is 0.429. The van der Waals surface area contributed by atoms with Crippen LogP contribution in [-0.2, 0) is 4.79 Å². The minimum Gasteiger partial charge on any atom is -0.325 e. The number of benzene rings is 1. The first-order valence-electron chi connectivity index (χ1n) is 7.04. The summed E-state index contributed by atoms with van der Waals surface area (Å²) in [6, 6.07) is 3.54. The number of carbonyl (C=O) groups excluding carboxylic acids is 1. The summed E-state index contributed by atoms with van der Waals surface area (Å²) in [5, 5.41) is 6.19. The molecular formula is C14H17BrN4O2. The average molecular weight is 353 g/mol. The van der Waals surface area contributed by atoms with Crippen LogP contribution in [0.15, 0.2) is 21.4 Å². The van der Waals surface area contributed by atoms with E-state index in [4.69, 9.17) is 0 Å². The summed E-state index contributed by atoms with van der Waals surface area (Å²) in [6.45, 7) is 2.06. The van der Waals surface area contributed by atoms with Crippen LogP contribution in [0.25, 0.3) is 11.0 Å². The zero-order chi connectivity index (χ0) is 14.8. The van der Waals surface area contributed by atoms with Crippen molar-refractivity contribution in [2.75, 3.05) is 18.4 Å². The maximum Gasteiger partial charge on any atom is 0.323 e. The van der Waals surface area contributed by atoms with Crippen LogP contribution >= 0.6 is 15.9 Å². The maximum absolute atomic E-state index is 12.0. The highest BCUT2D eigenvalue weighted by Crippen LogP contribution is 2.26. The number of imidazole rings is 1. The Labute approximate surface area is 129 Å². The van der Waals surface area contributed by atoms with E-state index in [2.05, 4.69) is 36.5 Å². The molecule has 3 rings (SSSR count). The summed E-state index contributed by atoms with van der Waals surface area (Å²) in [6.07, 6.45) is 2.56. The van der Waals surface area contributed by atoms with Gasteiger partial charge in [0.2, 0.25) is 5.91 Å². The van der Waals surface area contributed by atoms with Crippen LogP contribution < -0.4 is 16.3 Å². The first-order chi connectivity index (χ1) is 10.1. The van der Waals surface area contributed by atoms with Crippen LogP contribution in [0.5, 0.6) is 0 Å². The molecule has 1 saturated heterocycles. The van der Waals surface area contributed by atoms with Crippen molar-refractivity contribution in [3.05, 3.63) is 27.1 Å². The van der Waals surface area contributed by atoms with Gasteiger partial charge in [0.15, 0.2) is 0 Å². The third-order valence-electron chi connectivity index (χ3n) is 3.82. The Morgan fingerprint density at radius 1 is 1.33 bits per heavy atom. The number of amides is 1. The molecule has 2 heterocycles. The molecule has 0 saturated carbocycles. The molecule has 1 fully saturated rings. The van der Waals surface area contributed by atoms with Crippen molar-refractivity contribution in [2.45, 2.75) is 19.3 Å². The van der Waals surface area contributed by atoms with Crippen molar-refractivity contribution < 1.29 is 4.79 Å². The summed E-state index contributed by atoms with van der Waals surface area (Å²) in [5.41, 5.74) is 1.81. The summed E-state index contributed by atoms with van der Waals surface area (Å²) >= 11 is 3.41. The molecule has 1 aromatic heterocycles. The lowest BCUT2D eigenvalue weighted by atomic mass is 10.0. The molecule has 0 spiro atoms. The summed E-state index contributed by atoms with van der Waals surface area (Å²) in [7, 11) is 0. The molecule has 112 valence electrons. The van der Waals surface area contributed by atoms with E-state index in [1.807, 2.05) is 0 Å². The molecule has 1 aromatic carbocycles. The standard InChI is InChI=1S/C14H17BrN4O2/c15-9-5-11-12(19-14(21)18-11)6-10(9)17-13(20)2-1-8-3-4-16-7-8/h5-6,8,16H,1-4,7H2,(H,17,20)(H2,18,19,21). The second kappa shape index (κ2) is 6.03. The van der Waals surface area contributed by atoms with Crippen LogP contribution in [0, 0.1) is 5.92 Å². The van der Waals surface area contributed by atoms with E-state index < -0.39 is 0 Å². The number of nitrogens with one attached hydrogen (secondary N) is 4. The Kier molecular flexibility index (Phi) is 4.12. The van der Waals surface area contributed by atoms with Crippen LogP contribution in [-0.4, -0.2) is 29.0 Å². The predicted molar refractivity (Wildman–Crippen MR) is 85.5 cm³/mol. The number of anilines is 1. The van der Waals surface area contributed by atoms with Gasteiger partial charge in [0.1, 0.15) is 0 Å². The highest BCUT2D eigenvalue weighted by molar-refractivity contribution is 9.10. The van der Waals surface area contributed by atoms with Gasteiger partial charge in [0.05, 0.1) is 16.7 Å². The first-order valence-corrected chi connectivity index (χ1v) is 7.83. The van der Waals surface area contributed by atoms with Gasteiger partial charge >= 0.3 is 5.69 Å². The zero-order valence-electron chi connectivity index (χ0n) is 11.5. The lowest BCUT2D eigenvalue weighted by Gasteiger charge is -2.10. The first kappa shape index (κ1) is 14.3. The molecule has 1 aliphatic rings. The fourth-order valence-corrected chi connectivity index (χ4v) is 3.10. The molecule has 0 bridgehead atoms. The van der Waals surface area contributed by atoms with Crippen molar-refractivity contribution in [1.29, 1.82) is 0 Å². The number of aromatic nitrogens is 2. The van der Waals surface area contributed by atoms with Gasteiger partial charge in [-0.25, -0.2) is 4.79 Å². The van der Waals surface area contributed by atoms with Crippen LogP contribution in [0.4, 0.5) is 5.69 Å². The number of H-pyrrole nitrogens is 2. The Balaban J connectivity index is 1.67. The van der Waals surface area contributed by atoms with Gasteiger partial charge in [-0.3, -0.25) is 4.79 Å². The predicted octanol–water partition coefficient (Wildman–Crippen LogP) is 1.95. The van der Waals surface area contributed by atoms with E-state index in [-0.39, 0.29) is 11.6 Å². The summed E-state index contributed by atoms with van der Waals surface area (Å²) < 4.78 is 0.751. The average Bonchev–Trinajstić information content (AvgIpc) is 3.05. The molecule has 1 atom stereocenters. The van der Waals surface area contributed by atoms with E-state index in [1.165, 1.54) is 0 Å². The van der Waals surface area contributed by atoms with Gasteiger partial charge in [0, 0.05) is 10.9 Å². The third-order valence-corrected chi connectivity index (χ3v) is 4.48. The number of hydrogen-bond acceptors (Lipinski definition) is 3. The fourth-order valence-electron chi connectivity index (χ4n) is 2.66. The van der Waals surface area contributed by atoms with Gasteiger partial charge < -0.3 is 20.6 Å². The molecule has 7 heteroatoms. The second-order valence-electron chi connectivity index (χ2n) is 5.40. The molecule has 0 aliphatic carbocycles. The van der Waals surface area contributed by atoms with Crippen molar-refractivity contribution in [3.8, 4) is 0 Å². The highest BCUT2D eigenvalue weighted by atomic mass is 79.9. The molecule has 0 radical (unpaired) electrons. The van der Waals surface area contributed by atoms with Gasteiger partial charge in [-0.05, 0) is 59.9 Å². The lowest BCUT2D eigenvalue weighted by Crippen LogP contribution is -2.15. The molecule has 1 unspecified atom stereocenters. The molecule has 6 nitrogen and oxygen atoms in total. The summed E-state index contributed by atoms with van der Waals surface area (Å²) in [5.74, 6) is 0.600. The van der Waals surface area contributed by atoms with Crippen molar-refractivity contribution in [1.82, 2.24) is 15.3 Å². The second-order valence-corrected chi connectivity index (χ2v) is 6.26. The summed E-state index contributed by atoms with van der Waals surface area (Å²) in [4.78, 5) is 28.7. The number of fused-ring (bicyclic) bond motifs is 1. The van der Waals surface area contributed by atoms with Crippen molar-refractivity contribution in [2.24, 2.45) is 5.92 Å². The number of aromatic amines is 2. The van der Waals surface area contributed by atoms with Gasteiger partial charge in [0.25, 0.3) is 0 Å². The Morgan fingerprint density at radius 2 is 2.10 bits per heavy atom. The molecular weight excluding hydrogens is 336 g/mol. The SMILES string of the molecule is O=C(CCC1CCNC1)Nc1cc2[nH]c(=O)[nH]c2cc1Br. The van der Waals surface area contributed by atoms with E-state index >= 15 is 0 Å². The zero-order valence-corrected chi connectivity index (χ0v) is 13.0. The minimum absolute atomic E-state index is 0.000155. The number of hydrogen-bond donors (Lipinski definition) is 4. The van der Waals surface area contributed by atoms with E-state index in [0.717, 1.165) is 30.4 Å². The Hall–Kier alpha value is -1.60. The number of carbonyl (C=O) groups is 1. The molecule has 21 heavy (non-hydrogen) atoms. The quantitative estimate of drug-likeness (QED) is 0.677. The Morgan fingerprint density at radius 3 is 2.81 bits per heavy atom. The van der Waals surface area contributed by atoms with Crippen molar-refractivity contribution in [3.63, 3.8) is 0 Å². The van der Waals surface area contributed by atoms with Gasteiger partial charge in [-0.15, -0.1) is 0 Å². The van der Waals surface area contributed by atoms with Crippen LogP contribution in [0.3, 0.4) is 0 Å². The normalized spacial score (nSPS) is 18.2. The van der Waals surface area contributed by atoms with Gasteiger partial charge in [-0.1, -0.05) is 0 Å². The van der Waals surface area contributed by atoms with Crippen LogP contribution in [0.2, 0.25) is 0 Å². The monoisotopic (exact) mass is 352 g/mol. The molecule has 1 aliphatic heterocycles. The third kappa shape index (κ3) is 3.36. The highest BCUT2D eigenvalue weighted by Gasteiger charge is 2.16. The lowest BCUT2D eigenvalue weighted by molar-refractivity contribution is -0.116. The number of halogens is 1. The van der Waals surface area contributed by atoms with Gasteiger partial charge in [-0.2, -0.15) is 0 Å². The molecule has 1 amide bonds. The smallest absolute Gasteiger partial charge is 0.323 e. The molecule has 4 N–H and O–H groups in total.